The van der Waals surface area contributed by atoms with E-state index in [0.717, 1.165) is 29.9 Å². The highest BCUT2D eigenvalue weighted by atomic mass is 16.5. The molecule has 0 unspecified atom stereocenters. The Bertz CT molecular complexity index is 889. The van der Waals surface area contributed by atoms with Crippen LogP contribution in [0.5, 0.6) is 0 Å². The van der Waals surface area contributed by atoms with Crippen molar-refractivity contribution in [3.8, 4) is 11.4 Å². The second-order valence-electron chi connectivity index (χ2n) is 6.22. The van der Waals surface area contributed by atoms with Crippen LogP contribution in [0.3, 0.4) is 0 Å². The molecule has 9 heteroatoms. The molecule has 9 nitrogen and oxygen atoms in total. The molecule has 0 bridgehead atoms. The Labute approximate surface area is 149 Å². The molecule has 2 amide bonds. The number of hydrogen-bond donors (Lipinski definition) is 2. The molecule has 26 heavy (non-hydrogen) atoms. The lowest BCUT2D eigenvalue weighted by Crippen LogP contribution is -2.39. The van der Waals surface area contributed by atoms with E-state index < -0.39 is 0 Å². The molecule has 1 aliphatic rings. The first-order valence-electron chi connectivity index (χ1n) is 8.50. The average molecular weight is 353 g/mol. The summed E-state index contributed by atoms with van der Waals surface area (Å²) in [5, 5.41) is 13.8. The molecule has 3 aromatic rings. The van der Waals surface area contributed by atoms with Crippen molar-refractivity contribution in [3.63, 3.8) is 0 Å². The number of carbonyl (C=O) groups excluding carboxylic acids is 1. The van der Waals surface area contributed by atoms with Gasteiger partial charge >= 0.3 is 6.03 Å². The van der Waals surface area contributed by atoms with E-state index in [0.29, 0.717) is 18.2 Å². The van der Waals surface area contributed by atoms with Crippen LogP contribution in [0, 0.1) is 6.92 Å². The maximum atomic E-state index is 12.6. The fourth-order valence-corrected chi connectivity index (χ4v) is 3.11. The molecule has 4 heterocycles. The number of hydrogen-bond acceptors (Lipinski definition) is 6. The summed E-state index contributed by atoms with van der Waals surface area (Å²) in [5.41, 5.74) is 1.69. The summed E-state index contributed by atoms with van der Waals surface area (Å²) in [6, 6.07) is 5.33. The lowest BCUT2D eigenvalue weighted by molar-refractivity contribution is 0.181. The van der Waals surface area contributed by atoms with E-state index in [2.05, 4.69) is 30.6 Å². The minimum absolute atomic E-state index is 0.0710. The molecule has 134 valence electrons. The molecular weight excluding hydrogens is 334 g/mol. The SMILES string of the molecule is Cc1cc([C@H]2CCCN2C(=O)NCc2nc(-c3ccncc3)n[nH]2)on1. The van der Waals surface area contributed by atoms with E-state index in [9.17, 15) is 4.79 Å². The Kier molecular flexibility index (Phi) is 4.34. The minimum atomic E-state index is -0.150. The molecular formula is C17H19N7O2. The normalized spacial score (nSPS) is 16.8. The Balaban J connectivity index is 1.39. The second-order valence-corrected chi connectivity index (χ2v) is 6.22. The van der Waals surface area contributed by atoms with Gasteiger partial charge in [-0.25, -0.2) is 9.78 Å². The highest BCUT2D eigenvalue weighted by Crippen LogP contribution is 2.32. The zero-order valence-electron chi connectivity index (χ0n) is 14.3. The number of carbonyl (C=O) groups is 1. The number of pyridine rings is 1. The molecule has 0 aromatic carbocycles. The standard InChI is InChI=1S/C17H19N7O2/c1-11-9-14(26-23-11)13-3-2-8-24(13)17(25)19-10-15-20-16(22-21-15)12-4-6-18-7-5-12/h4-7,9,13H,2-3,8,10H2,1H3,(H,19,25)(H,20,21,22)/t13-/m1/s1. The monoisotopic (exact) mass is 353 g/mol. The van der Waals surface area contributed by atoms with Gasteiger partial charge in [0.1, 0.15) is 5.82 Å². The fraction of sp³-hybridized carbons (Fsp3) is 0.353. The molecule has 1 fully saturated rings. The zero-order chi connectivity index (χ0) is 17.9. The van der Waals surface area contributed by atoms with Crippen LogP contribution in [-0.2, 0) is 6.54 Å². The predicted molar refractivity (Wildman–Crippen MR) is 91.8 cm³/mol. The quantitative estimate of drug-likeness (QED) is 0.743. The summed E-state index contributed by atoms with van der Waals surface area (Å²) >= 11 is 0. The largest absolute Gasteiger partial charge is 0.359 e. The average Bonchev–Trinajstić information content (AvgIpc) is 3.40. The summed E-state index contributed by atoms with van der Waals surface area (Å²) in [7, 11) is 0. The Morgan fingerprint density at radius 3 is 3.04 bits per heavy atom. The number of rotatable bonds is 4. The van der Waals surface area contributed by atoms with E-state index in [-0.39, 0.29) is 18.6 Å². The van der Waals surface area contributed by atoms with E-state index in [1.807, 2.05) is 25.1 Å². The molecule has 4 rings (SSSR count). The van der Waals surface area contributed by atoms with Gasteiger partial charge < -0.3 is 14.7 Å². The van der Waals surface area contributed by atoms with Gasteiger partial charge in [0.15, 0.2) is 11.6 Å². The maximum absolute atomic E-state index is 12.6. The highest BCUT2D eigenvalue weighted by Gasteiger charge is 2.32. The third-order valence-corrected chi connectivity index (χ3v) is 4.37. The van der Waals surface area contributed by atoms with Crippen LogP contribution < -0.4 is 5.32 Å². The van der Waals surface area contributed by atoms with E-state index in [1.54, 1.807) is 17.3 Å². The number of amides is 2. The molecule has 0 radical (unpaired) electrons. The summed E-state index contributed by atoms with van der Waals surface area (Å²) in [4.78, 5) is 22.7. The first-order valence-corrected chi connectivity index (χ1v) is 8.50. The molecule has 1 atom stereocenters. The van der Waals surface area contributed by atoms with Crippen LogP contribution in [0.25, 0.3) is 11.4 Å². The molecule has 2 N–H and O–H groups in total. The molecule has 3 aromatic heterocycles. The van der Waals surface area contributed by atoms with Crippen LogP contribution in [0.2, 0.25) is 0 Å². The first kappa shape index (κ1) is 16.2. The minimum Gasteiger partial charge on any atom is -0.359 e. The zero-order valence-corrected chi connectivity index (χ0v) is 14.3. The Morgan fingerprint density at radius 2 is 2.27 bits per heavy atom. The second kappa shape index (κ2) is 6.95. The van der Waals surface area contributed by atoms with Crippen LogP contribution in [0.4, 0.5) is 4.79 Å². The van der Waals surface area contributed by atoms with Gasteiger partial charge in [-0.2, -0.15) is 5.10 Å². The number of urea groups is 1. The lowest BCUT2D eigenvalue weighted by atomic mass is 10.1. The van der Waals surface area contributed by atoms with Crippen LogP contribution in [0.15, 0.2) is 35.1 Å². The Morgan fingerprint density at radius 1 is 1.42 bits per heavy atom. The Hall–Kier alpha value is -3.23. The summed E-state index contributed by atoms with van der Waals surface area (Å²) in [5.74, 6) is 1.90. The van der Waals surface area contributed by atoms with Crippen molar-refractivity contribution in [1.82, 2.24) is 35.5 Å². The van der Waals surface area contributed by atoms with Crippen molar-refractivity contribution in [2.45, 2.75) is 32.4 Å². The van der Waals surface area contributed by atoms with Gasteiger partial charge in [0.25, 0.3) is 0 Å². The van der Waals surface area contributed by atoms with Gasteiger partial charge in [0.2, 0.25) is 0 Å². The van der Waals surface area contributed by atoms with Crippen LogP contribution in [-0.4, -0.2) is 42.8 Å². The molecule has 1 aliphatic heterocycles. The van der Waals surface area contributed by atoms with E-state index in [1.165, 1.54) is 0 Å². The van der Waals surface area contributed by atoms with Crippen molar-refractivity contribution in [2.75, 3.05) is 6.54 Å². The topological polar surface area (TPSA) is 113 Å². The number of aromatic amines is 1. The van der Waals surface area contributed by atoms with Gasteiger partial charge in [-0.3, -0.25) is 10.1 Å². The molecule has 0 saturated carbocycles. The van der Waals surface area contributed by atoms with Crippen molar-refractivity contribution in [1.29, 1.82) is 0 Å². The number of nitrogens with zero attached hydrogens (tertiary/aromatic N) is 5. The smallest absolute Gasteiger partial charge is 0.318 e. The number of aryl methyl sites for hydroxylation is 1. The number of nitrogens with one attached hydrogen (secondary N) is 2. The first-order chi connectivity index (χ1) is 12.7. The molecule has 0 spiro atoms. The number of aromatic nitrogens is 5. The summed E-state index contributed by atoms with van der Waals surface area (Å²) in [6.45, 7) is 2.83. The summed E-state index contributed by atoms with van der Waals surface area (Å²) in [6.07, 6.45) is 5.18. The molecule has 1 saturated heterocycles. The van der Waals surface area contributed by atoms with Crippen molar-refractivity contribution in [3.05, 3.63) is 47.9 Å². The number of H-pyrrole nitrogens is 1. The van der Waals surface area contributed by atoms with Crippen LogP contribution >= 0.6 is 0 Å². The van der Waals surface area contributed by atoms with Gasteiger partial charge in [0, 0.05) is 30.6 Å². The lowest BCUT2D eigenvalue weighted by Gasteiger charge is -2.22. The van der Waals surface area contributed by atoms with Crippen molar-refractivity contribution < 1.29 is 9.32 Å². The maximum Gasteiger partial charge on any atom is 0.318 e. The van der Waals surface area contributed by atoms with Crippen molar-refractivity contribution >= 4 is 6.03 Å². The van der Waals surface area contributed by atoms with Gasteiger partial charge in [-0.1, -0.05) is 5.16 Å². The fourth-order valence-electron chi connectivity index (χ4n) is 3.11. The van der Waals surface area contributed by atoms with Gasteiger partial charge in [0.05, 0.1) is 18.3 Å². The van der Waals surface area contributed by atoms with E-state index in [4.69, 9.17) is 4.52 Å². The number of likely N-dealkylation sites (tertiary alicyclic amines) is 1. The highest BCUT2D eigenvalue weighted by molar-refractivity contribution is 5.75. The predicted octanol–water partition coefficient (Wildman–Crippen LogP) is 2.21. The third kappa shape index (κ3) is 3.28. The summed E-state index contributed by atoms with van der Waals surface area (Å²) < 4.78 is 5.34. The van der Waals surface area contributed by atoms with Gasteiger partial charge in [-0.05, 0) is 31.9 Å². The van der Waals surface area contributed by atoms with Crippen molar-refractivity contribution in [2.24, 2.45) is 0 Å². The van der Waals surface area contributed by atoms with Gasteiger partial charge in [-0.15, -0.1) is 0 Å². The third-order valence-electron chi connectivity index (χ3n) is 4.37. The van der Waals surface area contributed by atoms with Crippen LogP contribution in [0.1, 0.15) is 36.2 Å². The molecule has 0 aliphatic carbocycles. The van der Waals surface area contributed by atoms with E-state index >= 15 is 0 Å².